The summed E-state index contributed by atoms with van der Waals surface area (Å²) in [4.78, 5) is 0. The van der Waals surface area contributed by atoms with E-state index in [0.29, 0.717) is 12.8 Å². The zero-order chi connectivity index (χ0) is 14.4. The van der Waals surface area contributed by atoms with Crippen molar-refractivity contribution in [2.24, 2.45) is 0 Å². The fourth-order valence-electron chi connectivity index (χ4n) is 2.99. The zero-order valence-electron chi connectivity index (χ0n) is 12.1. The molecule has 0 saturated carbocycles. The van der Waals surface area contributed by atoms with Gasteiger partial charge in [-0.25, -0.2) is 0 Å². The highest BCUT2D eigenvalue weighted by atomic mass is 16.3. The minimum Gasteiger partial charge on any atom is -0.494 e. The number of aromatic nitrogens is 1. The summed E-state index contributed by atoms with van der Waals surface area (Å²) in [6.45, 7) is 6.08. The van der Waals surface area contributed by atoms with Gasteiger partial charge >= 0.3 is 0 Å². The fraction of sp³-hybridized carbons (Fsp3) is 0.294. The van der Waals surface area contributed by atoms with Crippen LogP contribution in [0.15, 0.2) is 29.8 Å². The van der Waals surface area contributed by atoms with E-state index in [9.17, 15) is 10.2 Å². The normalized spacial score (nSPS) is 14.1. The van der Waals surface area contributed by atoms with Crippen molar-refractivity contribution in [2.45, 2.75) is 33.6 Å². The molecule has 3 heteroatoms. The van der Waals surface area contributed by atoms with Crippen molar-refractivity contribution in [1.29, 1.82) is 0 Å². The summed E-state index contributed by atoms with van der Waals surface area (Å²) in [5, 5.41) is 20.9. The first kappa shape index (κ1) is 12.9. The molecule has 2 aromatic rings. The van der Waals surface area contributed by atoms with Gasteiger partial charge in [-0.3, -0.25) is 4.57 Å². The maximum Gasteiger partial charge on any atom is 0.202 e. The lowest BCUT2D eigenvalue weighted by molar-refractivity contribution is 0.399. The first-order valence-electron chi connectivity index (χ1n) is 6.86. The molecule has 20 heavy (non-hydrogen) atoms. The lowest BCUT2D eigenvalue weighted by atomic mass is 9.96. The molecular formula is C17H19NO2. The Balaban J connectivity index is 2.21. The summed E-state index contributed by atoms with van der Waals surface area (Å²) in [6, 6.07) is 6.02. The molecule has 0 aliphatic heterocycles. The smallest absolute Gasteiger partial charge is 0.202 e. The van der Waals surface area contributed by atoms with Crippen LogP contribution in [0.25, 0.3) is 5.69 Å². The van der Waals surface area contributed by atoms with E-state index in [-0.39, 0.29) is 11.8 Å². The Morgan fingerprint density at radius 3 is 2.15 bits per heavy atom. The number of hydrogen-bond donors (Lipinski definition) is 2. The van der Waals surface area contributed by atoms with Crippen LogP contribution in [0.4, 0.5) is 0 Å². The highest BCUT2D eigenvalue weighted by molar-refractivity contribution is 5.56. The van der Waals surface area contributed by atoms with Crippen LogP contribution >= 0.6 is 0 Å². The Morgan fingerprint density at radius 1 is 0.900 bits per heavy atom. The molecule has 0 atom stereocenters. The van der Waals surface area contributed by atoms with E-state index in [4.69, 9.17) is 0 Å². The standard InChI is InChI=1S/C17H19NO2/c1-10-4-5-14-15(9-10)17(20)18(16(14)19)13-7-11(2)6-12(3)8-13/h4,6-8,19-20H,5,9H2,1-3H3. The van der Waals surface area contributed by atoms with Crippen molar-refractivity contribution in [3.63, 3.8) is 0 Å². The summed E-state index contributed by atoms with van der Waals surface area (Å²) in [7, 11) is 0. The minimum atomic E-state index is 0.159. The van der Waals surface area contributed by atoms with Gasteiger partial charge in [-0.15, -0.1) is 0 Å². The predicted octanol–water partition coefficient (Wildman–Crippen LogP) is 3.55. The molecule has 3 rings (SSSR count). The topological polar surface area (TPSA) is 45.4 Å². The van der Waals surface area contributed by atoms with E-state index in [1.54, 1.807) is 4.57 Å². The van der Waals surface area contributed by atoms with Gasteiger partial charge in [-0.05, 0) is 56.9 Å². The molecule has 1 aromatic heterocycles. The maximum absolute atomic E-state index is 10.5. The van der Waals surface area contributed by atoms with Gasteiger partial charge in [-0.2, -0.15) is 0 Å². The number of benzene rings is 1. The molecule has 1 aliphatic carbocycles. The number of fused-ring (bicyclic) bond motifs is 1. The average molecular weight is 269 g/mol. The van der Waals surface area contributed by atoms with Crippen molar-refractivity contribution in [2.75, 3.05) is 0 Å². The number of aryl methyl sites for hydroxylation is 2. The number of nitrogens with zero attached hydrogens (tertiary/aromatic N) is 1. The molecule has 1 heterocycles. The Bertz CT molecular complexity index is 703. The summed E-state index contributed by atoms with van der Waals surface area (Å²) in [6.07, 6.45) is 3.48. The van der Waals surface area contributed by atoms with Crippen LogP contribution in [0.2, 0.25) is 0 Å². The lowest BCUT2D eigenvalue weighted by Crippen LogP contribution is -1.97. The third-order valence-electron chi connectivity index (χ3n) is 3.90. The highest BCUT2D eigenvalue weighted by Crippen LogP contribution is 2.40. The summed E-state index contributed by atoms with van der Waals surface area (Å²) >= 11 is 0. The van der Waals surface area contributed by atoms with Crippen LogP contribution in [0.5, 0.6) is 11.8 Å². The minimum absolute atomic E-state index is 0.159. The molecule has 0 unspecified atom stereocenters. The highest BCUT2D eigenvalue weighted by Gasteiger charge is 2.25. The largest absolute Gasteiger partial charge is 0.494 e. The molecular weight excluding hydrogens is 250 g/mol. The number of aromatic hydroxyl groups is 2. The Hall–Kier alpha value is -2.16. The molecule has 0 fully saturated rings. The van der Waals surface area contributed by atoms with Gasteiger partial charge < -0.3 is 10.2 Å². The molecule has 3 nitrogen and oxygen atoms in total. The Morgan fingerprint density at radius 2 is 1.50 bits per heavy atom. The van der Waals surface area contributed by atoms with Gasteiger partial charge in [-0.1, -0.05) is 17.7 Å². The van der Waals surface area contributed by atoms with Crippen LogP contribution in [0.1, 0.15) is 29.2 Å². The van der Waals surface area contributed by atoms with Crippen LogP contribution < -0.4 is 0 Å². The first-order valence-corrected chi connectivity index (χ1v) is 6.86. The van der Waals surface area contributed by atoms with Crippen molar-refractivity contribution in [3.8, 4) is 17.4 Å². The molecule has 0 saturated heterocycles. The molecule has 0 spiro atoms. The van der Waals surface area contributed by atoms with E-state index < -0.39 is 0 Å². The SMILES string of the molecule is CC1=CCc2c(c(O)n(-c3cc(C)cc(C)c3)c2O)C1. The van der Waals surface area contributed by atoms with Gasteiger partial charge in [0.15, 0.2) is 0 Å². The van der Waals surface area contributed by atoms with Crippen LogP contribution in [0.3, 0.4) is 0 Å². The lowest BCUT2D eigenvalue weighted by Gasteiger charge is -2.09. The van der Waals surface area contributed by atoms with Gasteiger partial charge in [0.05, 0.1) is 5.69 Å². The van der Waals surface area contributed by atoms with E-state index in [1.807, 2.05) is 32.9 Å². The van der Waals surface area contributed by atoms with Gasteiger partial charge in [0.1, 0.15) is 0 Å². The van der Waals surface area contributed by atoms with E-state index in [2.05, 4.69) is 12.1 Å². The second-order valence-corrected chi connectivity index (χ2v) is 5.72. The average Bonchev–Trinajstić information content (AvgIpc) is 2.60. The molecule has 0 radical (unpaired) electrons. The van der Waals surface area contributed by atoms with Crippen molar-refractivity contribution in [3.05, 3.63) is 52.1 Å². The number of rotatable bonds is 1. The van der Waals surface area contributed by atoms with Crippen molar-refractivity contribution in [1.82, 2.24) is 4.57 Å². The number of allylic oxidation sites excluding steroid dienone is 2. The Kier molecular flexibility index (Phi) is 2.85. The third-order valence-corrected chi connectivity index (χ3v) is 3.90. The zero-order valence-corrected chi connectivity index (χ0v) is 12.1. The second kappa shape index (κ2) is 4.44. The monoisotopic (exact) mass is 269 g/mol. The van der Waals surface area contributed by atoms with Crippen LogP contribution in [0, 0.1) is 13.8 Å². The molecule has 2 N–H and O–H groups in total. The van der Waals surface area contributed by atoms with Crippen molar-refractivity contribution < 1.29 is 10.2 Å². The second-order valence-electron chi connectivity index (χ2n) is 5.72. The summed E-state index contributed by atoms with van der Waals surface area (Å²) < 4.78 is 1.55. The van der Waals surface area contributed by atoms with E-state index >= 15 is 0 Å². The molecule has 104 valence electrons. The van der Waals surface area contributed by atoms with Gasteiger partial charge in [0.25, 0.3) is 0 Å². The van der Waals surface area contributed by atoms with E-state index in [1.165, 1.54) is 5.57 Å². The predicted molar refractivity (Wildman–Crippen MR) is 79.7 cm³/mol. The quantitative estimate of drug-likeness (QED) is 0.778. The molecule has 1 aliphatic rings. The van der Waals surface area contributed by atoms with Crippen LogP contribution in [-0.2, 0) is 12.8 Å². The Labute approximate surface area is 118 Å². The molecule has 0 bridgehead atoms. The third kappa shape index (κ3) is 1.90. The van der Waals surface area contributed by atoms with Crippen LogP contribution in [-0.4, -0.2) is 14.8 Å². The first-order chi connectivity index (χ1) is 9.47. The van der Waals surface area contributed by atoms with E-state index in [0.717, 1.165) is 27.9 Å². The van der Waals surface area contributed by atoms with Gasteiger partial charge in [0, 0.05) is 11.1 Å². The fourth-order valence-corrected chi connectivity index (χ4v) is 2.99. The molecule has 0 amide bonds. The summed E-state index contributed by atoms with van der Waals surface area (Å²) in [5.74, 6) is 0.321. The maximum atomic E-state index is 10.5. The van der Waals surface area contributed by atoms with Crippen molar-refractivity contribution >= 4 is 0 Å². The van der Waals surface area contributed by atoms with Gasteiger partial charge in [0.2, 0.25) is 11.8 Å². The summed E-state index contributed by atoms with van der Waals surface area (Å²) in [5.41, 5.74) is 5.95. The number of hydrogen-bond acceptors (Lipinski definition) is 2. The molecule has 1 aromatic carbocycles.